The maximum Gasteiger partial charge on any atom is 0.404 e. The highest BCUT2D eigenvalue weighted by atomic mass is 16.4. The van der Waals surface area contributed by atoms with Gasteiger partial charge in [0.05, 0.1) is 12.2 Å². The van der Waals surface area contributed by atoms with Gasteiger partial charge in [0.25, 0.3) is 0 Å². The first-order valence-electron chi connectivity index (χ1n) is 3.45. The van der Waals surface area contributed by atoms with Crippen LogP contribution in [0, 0.1) is 0 Å². The number of carbonyl (C=O) groups excluding carboxylic acids is 1. The first kappa shape index (κ1) is 10.7. The van der Waals surface area contributed by atoms with Gasteiger partial charge in [0.1, 0.15) is 0 Å². The van der Waals surface area contributed by atoms with Crippen molar-refractivity contribution in [3.63, 3.8) is 0 Å². The van der Waals surface area contributed by atoms with Crippen LogP contribution < -0.4 is 16.4 Å². The number of nitrogens with one attached hydrogen (secondary N) is 2. The molecule has 5 N–H and O–H groups in total. The lowest BCUT2D eigenvalue weighted by atomic mass is 10.2. The third-order valence-electron chi connectivity index (χ3n) is 1.26. The quantitative estimate of drug-likeness (QED) is 0.415. The lowest BCUT2D eigenvalue weighted by Crippen LogP contribution is -2.54. The van der Waals surface area contributed by atoms with Crippen LogP contribution in [0.5, 0.6) is 0 Å². The van der Waals surface area contributed by atoms with E-state index in [0.717, 1.165) is 0 Å². The van der Waals surface area contributed by atoms with E-state index in [1.807, 2.05) is 0 Å². The summed E-state index contributed by atoms with van der Waals surface area (Å²) in [6.07, 6.45) is -1.86. The number of carbonyl (C=O) groups is 2. The average Bonchev–Trinajstić information content (AvgIpc) is 1.84. The van der Waals surface area contributed by atoms with E-state index in [0.29, 0.717) is 0 Å². The highest BCUT2D eigenvalue weighted by Gasteiger charge is 2.14. The van der Waals surface area contributed by atoms with Gasteiger partial charge in [-0.2, -0.15) is 0 Å². The van der Waals surface area contributed by atoms with Gasteiger partial charge in [0.15, 0.2) is 0 Å². The molecule has 12 heavy (non-hydrogen) atoms. The molecule has 0 bridgehead atoms. The Labute approximate surface area is 70.1 Å². The van der Waals surface area contributed by atoms with Gasteiger partial charge in [-0.1, -0.05) is 0 Å². The molecule has 70 valence electrons. The Hall–Kier alpha value is -1.30. The average molecular weight is 175 g/mol. The molecular formula is C6H13N3O3. The fraction of sp³-hybridized carbons (Fsp3) is 0.667. The molecule has 0 aliphatic rings. The molecule has 2 atom stereocenters. The SMILES string of the molecule is CC(=O)NC(N)C(C)NC(=O)O. The maximum atomic E-state index is 10.5. The number of rotatable bonds is 3. The van der Waals surface area contributed by atoms with E-state index in [4.69, 9.17) is 10.8 Å². The second kappa shape index (κ2) is 4.55. The Morgan fingerprint density at radius 1 is 1.42 bits per heavy atom. The molecule has 0 saturated heterocycles. The summed E-state index contributed by atoms with van der Waals surface area (Å²) in [5.74, 6) is -0.290. The normalized spacial score (nSPS) is 14.6. The second-order valence-electron chi connectivity index (χ2n) is 2.46. The molecule has 2 amide bonds. The molecule has 0 spiro atoms. The fourth-order valence-electron chi connectivity index (χ4n) is 0.644. The van der Waals surface area contributed by atoms with E-state index in [1.54, 1.807) is 6.92 Å². The zero-order chi connectivity index (χ0) is 9.72. The molecule has 0 aliphatic carbocycles. The number of carboxylic acid groups (broad SMARTS) is 1. The lowest BCUT2D eigenvalue weighted by molar-refractivity contribution is -0.119. The lowest BCUT2D eigenvalue weighted by Gasteiger charge is -2.19. The van der Waals surface area contributed by atoms with Crippen molar-refractivity contribution in [1.29, 1.82) is 0 Å². The molecule has 0 radical (unpaired) electrons. The number of nitrogens with two attached hydrogens (primary N) is 1. The summed E-state index contributed by atoms with van der Waals surface area (Å²) in [4.78, 5) is 20.6. The molecule has 0 aliphatic heterocycles. The van der Waals surface area contributed by atoms with Gasteiger partial charge in [0, 0.05) is 6.92 Å². The van der Waals surface area contributed by atoms with E-state index < -0.39 is 18.3 Å². The van der Waals surface area contributed by atoms with Crippen LogP contribution in [-0.2, 0) is 4.79 Å². The molecule has 0 aromatic carbocycles. The third-order valence-corrected chi connectivity index (χ3v) is 1.26. The van der Waals surface area contributed by atoms with Gasteiger partial charge in [-0.05, 0) is 6.92 Å². The zero-order valence-electron chi connectivity index (χ0n) is 7.00. The van der Waals surface area contributed by atoms with Crippen molar-refractivity contribution in [3.8, 4) is 0 Å². The molecule has 6 heteroatoms. The molecule has 0 aromatic heterocycles. The minimum Gasteiger partial charge on any atom is -0.465 e. The third kappa shape index (κ3) is 4.51. The molecule has 0 aromatic rings. The molecule has 0 saturated carbocycles. The smallest absolute Gasteiger partial charge is 0.404 e. The Morgan fingerprint density at radius 3 is 2.25 bits per heavy atom. The van der Waals surface area contributed by atoms with Crippen molar-refractivity contribution in [2.75, 3.05) is 0 Å². The minimum absolute atomic E-state index is 0.290. The van der Waals surface area contributed by atoms with Crippen LogP contribution in [0.1, 0.15) is 13.8 Å². The van der Waals surface area contributed by atoms with Crippen LogP contribution in [0.25, 0.3) is 0 Å². The van der Waals surface area contributed by atoms with Crippen molar-refractivity contribution in [2.45, 2.75) is 26.1 Å². The summed E-state index contributed by atoms with van der Waals surface area (Å²) in [5, 5.41) is 12.8. The van der Waals surface area contributed by atoms with Crippen LogP contribution in [0.3, 0.4) is 0 Å². The molecular weight excluding hydrogens is 162 g/mol. The molecule has 0 rings (SSSR count). The van der Waals surface area contributed by atoms with Crippen molar-refractivity contribution in [2.24, 2.45) is 5.73 Å². The first-order valence-corrected chi connectivity index (χ1v) is 3.45. The Morgan fingerprint density at radius 2 is 1.92 bits per heavy atom. The Balaban J connectivity index is 3.83. The Kier molecular flexibility index (Phi) is 4.06. The van der Waals surface area contributed by atoms with Gasteiger partial charge in [0.2, 0.25) is 5.91 Å². The van der Waals surface area contributed by atoms with Crippen molar-refractivity contribution >= 4 is 12.0 Å². The highest BCUT2D eigenvalue weighted by molar-refractivity contribution is 5.73. The topological polar surface area (TPSA) is 104 Å². The van der Waals surface area contributed by atoms with Crippen molar-refractivity contribution < 1.29 is 14.7 Å². The first-order chi connectivity index (χ1) is 5.43. The molecule has 0 fully saturated rings. The number of amides is 2. The fourth-order valence-corrected chi connectivity index (χ4v) is 0.644. The van der Waals surface area contributed by atoms with Crippen molar-refractivity contribution in [1.82, 2.24) is 10.6 Å². The van der Waals surface area contributed by atoms with Gasteiger partial charge in [-0.3, -0.25) is 4.79 Å². The van der Waals surface area contributed by atoms with E-state index in [9.17, 15) is 9.59 Å². The minimum atomic E-state index is -1.16. The van der Waals surface area contributed by atoms with Crippen LogP contribution in [-0.4, -0.2) is 29.3 Å². The number of hydrogen-bond acceptors (Lipinski definition) is 3. The van der Waals surface area contributed by atoms with Crippen LogP contribution in [0.15, 0.2) is 0 Å². The summed E-state index contributed by atoms with van der Waals surface area (Å²) in [6.45, 7) is 2.88. The van der Waals surface area contributed by atoms with Crippen LogP contribution >= 0.6 is 0 Å². The van der Waals surface area contributed by atoms with Crippen LogP contribution in [0.2, 0.25) is 0 Å². The second-order valence-corrected chi connectivity index (χ2v) is 2.46. The summed E-state index contributed by atoms with van der Waals surface area (Å²) >= 11 is 0. The van der Waals surface area contributed by atoms with E-state index in [1.165, 1.54) is 6.92 Å². The largest absolute Gasteiger partial charge is 0.465 e. The van der Waals surface area contributed by atoms with E-state index in [-0.39, 0.29) is 5.91 Å². The van der Waals surface area contributed by atoms with Gasteiger partial charge >= 0.3 is 6.09 Å². The molecule has 0 heterocycles. The van der Waals surface area contributed by atoms with Crippen LogP contribution in [0.4, 0.5) is 4.79 Å². The predicted molar refractivity (Wildman–Crippen MR) is 42.4 cm³/mol. The summed E-state index contributed by atoms with van der Waals surface area (Å²) in [6, 6.07) is -0.508. The maximum absolute atomic E-state index is 10.5. The zero-order valence-corrected chi connectivity index (χ0v) is 7.00. The predicted octanol–water partition coefficient (Wildman–Crippen LogP) is -0.937. The summed E-state index contributed by atoms with van der Waals surface area (Å²) in [5.41, 5.74) is 5.41. The van der Waals surface area contributed by atoms with Gasteiger partial charge in [-0.25, -0.2) is 4.79 Å². The van der Waals surface area contributed by atoms with E-state index >= 15 is 0 Å². The summed E-state index contributed by atoms with van der Waals surface area (Å²) < 4.78 is 0. The van der Waals surface area contributed by atoms with Gasteiger partial charge < -0.3 is 21.5 Å². The molecule has 2 unspecified atom stereocenters. The monoisotopic (exact) mass is 175 g/mol. The Bertz CT molecular complexity index is 163. The highest BCUT2D eigenvalue weighted by Crippen LogP contribution is 1.84. The summed E-state index contributed by atoms with van der Waals surface area (Å²) in [7, 11) is 0. The molecule has 6 nitrogen and oxygen atoms in total. The standard InChI is InChI=1S/C6H13N3O3/c1-3(8-6(11)12)5(7)9-4(2)10/h3,5,8H,7H2,1-2H3,(H,9,10)(H,11,12). The number of hydrogen-bond donors (Lipinski definition) is 4. The van der Waals surface area contributed by atoms with Gasteiger partial charge in [-0.15, -0.1) is 0 Å². The van der Waals surface area contributed by atoms with E-state index in [2.05, 4.69) is 10.6 Å². The van der Waals surface area contributed by atoms with Crippen molar-refractivity contribution in [3.05, 3.63) is 0 Å².